The number of carbonyl (C=O) groups excluding carboxylic acids is 1. The van der Waals surface area contributed by atoms with Crippen LogP contribution in [0, 0.1) is 13.8 Å². The van der Waals surface area contributed by atoms with Gasteiger partial charge >= 0.3 is 0 Å². The summed E-state index contributed by atoms with van der Waals surface area (Å²) in [6, 6.07) is 6.85. The first kappa shape index (κ1) is 14.3. The molecule has 0 radical (unpaired) electrons. The van der Waals surface area contributed by atoms with Crippen molar-refractivity contribution in [2.24, 2.45) is 0 Å². The molecule has 0 aliphatic rings. The molecule has 22 heavy (non-hydrogen) atoms. The Morgan fingerprint density at radius 3 is 2.82 bits per heavy atom. The highest BCUT2D eigenvalue weighted by atomic mass is 32.1. The Balaban J connectivity index is 1.79. The van der Waals surface area contributed by atoms with Crippen molar-refractivity contribution in [1.29, 1.82) is 0 Å². The first-order valence-corrected chi connectivity index (χ1v) is 7.63. The molecular weight excluding hydrogens is 298 g/mol. The number of aromatic hydroxyl groups is 1. The van der Waals surface area contributed by atoms with Gasteiger partial charge in [0.25, 0.3) is 5.91 Å². The van der Waals surface area contributed by atoms with E-state index in [1.54, 1.807) is 35.7 Å². The van der Waals surface area contributed by atoms with E-state index in [4.69, 9.17) is 0 Å². The Morgan fingerprint density at radius 1 is 1.32 bits per heavy atom. The topological polar surface area (TPSA) is 78.0 Å². The Labute approximate surface area is 131 Å². The second-order valence-electron chi connectivity index (χ2n) is 5.03. The number of phenolic OH excluding ortho intramolecular Hbond substituents is 1. The SMILES string of the molecule is Cc1ccc(NC(=O)c2cc(-c3csc(C)n3)c[nH]2)c(O)c1. The lowest BCUT2D eigenvalue weighted by Crippen LogP contribution is -2.12. The minimum absolute atomic E-state index is 0.0512. The number of carbonyl (C=O) groups is 1. The normalized spacial score (nSPS) is 10.6. The van der Waals surface area contributed by atoms with E-state index in [-0.39, 0.29) is 11.7 Å². The number of benzene rings is 1. The van der Waals surface area contributed by atoms with Crippen molar-refractivity contribution in [3.63, 3.8) is 0 Å². The summed E-state index contributed by atoms with van der Waals surface area (Å²) in [7, 11) is 0. The van der Waals surface area contributed by atoms with Crippen LogP contribution in [0.15, 0.2) is 35.8 Å². The molecule has 112 valence electrons. The Bertz CT molecular complexity index is 836. The fourth-order valence-corrected chi connectivity index (χ4v) is 2.73. The highest BCUT2D eigenvalue weighted by Gasteiger charge is 2.13. The smallest absolute Gasteiger partial charge is 0.272 e. The van der Waals surface area contributed by atoms with Gasteiger partial charge in [0.1, 0.15) is 11.4 Å². The van der Waals surface area contributed by atoms with Gasteiger partial charge in [-0.25, -0.2) is 4.98 Å². The van der Waals surface area contributed by atoms with Crippen molar-refractivity contribution in [3.8, 4) is 17.0 Å². The number of aryl methyl sites for hydroxylation is 2. The first-order valence-electron chi connectivity index (χ1n) is 6.75. The fourth-order valence-electron chi connectivity index (χ4n) is 2.11. The fraction of sp³-hybridized carbons (Fsp3) is 0.125. The highest BCUT2D eigenvalue weighted by Crippen LogP contribution is 2.26. The summed E-state index contributed by atoms with van der Waals surface area (Å²) in [5.74, 6) is -0.257. The number of phenols is 1. The third-order valence-corrected chi connectivity index (χ3v) is 4.02. The molecule has 3 N–H and O–H groups in total. The van der Waals surface area contributed by atoms with Gasteiger partial charge in [-0.05, 0) is 37.6 Å². The maximum atomic E-state index is 12.2. The van der Waals surface area contributed by atoms with Crippen molar-refractivity contribution in [2.75, 3.05) is 5.32 Å². The zero-order chi connectivity index (χ0) is 15.7. The summed E-state index contributed by atoms with van der Waals surface area (Å²) in [6.07, 6.45) is 1.75. The van der Waals surface area contributed by atoms with Crippen LogP contribution in [-0.2, 0) is 0 Å². The van der Waals surface area contributed by atoms with Gasteiger partial charge < -0.3 is 15.4 Å². The van der Waals surface area contributed by atoms with E-state index < -0.39 is 0 Å². The molecule has 1 amide bonds. The third kappa shape index (κ3) is 2.87. The number of anilines is 1. The van der Waals surface area contributed by atoms with Crippen LogP contribution in [0.25, 0.3) is 11.3 Å². The lowest BCUT2D eigenvalue weighted by Gasteiger charge is -2.06. The molecule has 3 rings (SSSR count). The summed E-state index contributed by atoms with van der Waals surface area (Å²) in [6.45, 7) is 3.81. The predicted molar refractivity (Wildman–Crippen MR) is 87.4 cm³/mol. The highest BCUT2D eigenvalue weighted by molar-refractivity contribution is 7.09. The van der Waals surface area contributed by atoms with Gasteiger partial charge in [-0.2, -0.15) is 0 Å². The largest absolute Gasteiger partial charge is 0.506 e. The van der Waals surface area contributed by atoms with Crippen LogP contribution >= 0.6 is 11.3 Å². The second kappa shape index (κ2) is 5.65. The van der Waals surface area contributed by atoms with Crippen LogP contribution in [0.2, 0.25) is 0 Å². The Kier molecular flexibility index (Phi) is 3.68. The maximum absolute atomic E-state index is 12.2. The number of aromatic amines is 1. The van der Waals surface area contributed by atoms with Gasteiger partial charge in [0.05, 0.1) is 16.4 Å². The molecule has 0 spiro atoms. The number of hydrogen-bond donors (Lipinski definition) is 3. The summed E-state index contributed by atoms with van der Waals surface area (Å²) < 4.78 is 0. The zero-order valence-corrected chi connectivity index (χ0v) is 13.0. The first-order chi connectivity index (χ1) is 10.5. The van der Waals surface area contributed by atoms with Crippen LogP contribution in [-0.4, -0.2) is 21.0 Å². The average molecular weight is 313 g/mol. The Hall–Kier alpha value is -2.60. The number of rotatable bonds is 3. The van der Waals surface area contributed by atoms with Crippen LogP contribution in [0.5, 0.6) is 5.75 Å². The van der Waals surface area contributed by atoms with E-state index in [1.165, 1.54) is 0 Å². The van der Waals surface area contributed by atoms with Gasteiger partial charge in [-0.1, -0.05) is 6.07 Å². The maximum Gasteiger partial charge on any atom is 0.272 e. The molecule has 1 aromatic carbocycles. The molecule has 5 nitrogen and oxygen atoms in total. The molecule has 0 fully saturated rings. The Morgan fingerprint density at radius 2 is 2.14 bits per heavy atom. The van der Waals surface area contributed by atoms with Gasteiger partial charge in [-0.3, -0.25) is 4.79 Å². The van der Waals surface area contributed by atoms with E-state index in [1.807, 2.05) is 25.3 Å². The molecular formula is C16H15N3O2S. The monoisotopic (exact) mass is 313 g/mol. The third-order valence-electron chi connectivity index (χ3n) is 3.24. The van der Waals surface area contributed by atoms with Gasteiger partial charge in [-0.15, -0.1) is 11.3 Å². The van der Waals surface area contributed by atoms with E-state index in [0.717, 1.165) is 21.8 Å². The average Bonchev–Trinajstić information content (AvgIpc) is 3.10. The number of nitrogens with one attached hydrogen (secondary N) is 2. The van der Waals surface area contributed by atoms with E-state index in [9.17, 15) is 9.90 Å². The van der Waals surface area contributed by atoms with Crippen molar-refractivity contribution >= 4 is 22.9 Å². The summed E-state index contributed by atoms with van der Waals surface area (Å²) in [4.78, 5) is 19.6. The number of hydrogen-bond acceptors (Lipinski definition) is 4. The second-order valence-corrected chi connectivity index (χ2v) is 6.09. The lowest BCUT2D eigenvalue weighted by atomic mass is 10.2. The number of amides is 1. The van der Waals surface area contributed by atoms with E-state index in [0.29, 0.717) is 11.4 Å². The van der Waals surface area contributed by atoms with Crippen molar-refractivity contribution in [3.05, 3.63) is 52.1 Å². The van der Waals surface area contributed by atoms with E-state index >= 15 is 0 Å². The van der Waals surface area contributed by atoms with Crippen LogP contribution in [0.4, 0.5) is 5.69 Å². The predicted octanol–water partition coefficient (Wildman–Crippen LogP) is 3.71. The minimum atomic E-state index is -0.308. The van der Waals surface area contributed by atoms with Crippen LogP contribution < -0.4 is 5.32 Å². The molecule has 0 aliphatic heterocycles. The van der Waals surface area contributed by atoms with Crippen LogP contribution in [0.1, 0.15) is 21.1 Å². The molecule has 3 aromatic rings. The van der Waals surface area contributed by atoms with Gasteiger partial charge in [0.2, 0.25) is 0 Å². The van der Waals surface area contributed by atoms with Gasteiger partial charge in [0.15, 0.2) is 0 Å². The molecule has 2 aromatic heterocycles. The van der Waals surface area contributed by atoms with Crippen LogP contribution in [0.3, 0.4) is 0 Å². The van der Waals surface area contributed by atoms with Crippen molar-refractivity contribution in [1.82, 2.24) is 9.97 Å². The number of thiazole rings is 1. The molecule has 0 atom stereocenters. The molecule has 0 saturated carbocycles. The van der Waals surface area contributed by atoms with Gasteiger partial charge in [0, 0.05) is 17.1 Å². The number of H-pyrrole nitrogens is 1. The molecule has 0 aliphatic carbocycles. The molecule has 0 unspecified atom stereocenters. The number of aromatic nitrogens is 2. The van der Waals surface area contributed by atoms with Crippen molar-refractivity contribution in [2.45, 2.75) is 13.8 Å². The van der Waals surface area contributed by atoms with Crippen molar-refractivity contribution < 1.29 is 9.90 Å². The molecule has 0 bridgehead atoms. The summed E-state index contributed by atoms with van der Waals surface area (Å²) in [5, 5.41) is 15.5. The minimum Gasteiger partial charge on any atom is -0.506 e. The molecule has 6 heteroatoms. The zero-order valence-electron chi connectivity index (χ0n) is 12.2. The van der Waals surface area contributed by atoms with E-state index in [2.05, 4.69) is 15.3 Å². The summed E-state index contributed by atoms with van der Waals surface area (Å²) in [5.41, 5.74) is 3.44. The number of nitrogens with zero attached hydrogens (tertiary/aromatic N) is 1. The summed E-state index contributed by atoms with van der Waals surface area (Å²) >= 11 is 1.56. The standard InChI is InChI=1S/C16H15N3O2S/c1-9-3-4-12(15(20)5-9)19-16(21)13-6-11(7-17-13)14-8-22-10(2)18-14/h3-8,17,20H,1-2H3,(H,19,21). The lowest BCUT2D eigenvalue weighted by molar-refractivity contribution is 0.102. The molecule has 2 heterocycles. The molecule has 0 saturated heterocycles. The quantitative estimate of drug-likeness (QED) is 0.645.